The molecule has 0 aliphatic rings. The number of anilines is 1. The molecule has 0 heterocycles. The second-order valence-electron chi connectivity index (χ2n) is 5.06. The Morgan fingerprint density at radius 1 is 1.10 bits per heavy atom. The Morgan fingerprint density at radius 2 is 1.70 bits per heavy atom. The summed E-state index contributed by atoms with van der Waals surface area (Å²) >= 11 is 0. The van der Waals surface area contributed by atoms with Gasteiger partial charge in [0.1, 0.15) is 0 Å². The zero-order valence-electron chi connectivity index (χ0n) is 12.3. The molecule has 3 heteroatoms. The zero-order valence-corrected chi connectivity index (χ0v) is 12.3. The number of carbonyl (C=O) groups is 1. The van der Waals surface area contributed by atoms with Crippen LogP contribution in [0, 0.1) is 0 Å². The van der Waals surface area contributed by atoms with Gasteiger partial charge in [-0.1, -0.05) is 38.1 Å². The van der Waals surface area contributed by atoms with Gasteiger partial charge < -0.3 is 10.0 Å². The maximum absolute atomic E-state index is 11.3. The average Bonchev–Trinajstić information content (AvgIpc) is 2.47. The van der Waals surface area contributed by atoms with Gasteiger partial charge >= 0.3 is 5.97 Å². The first kappa shape index (κ1) is 14.4. The monoisotopic (exact) mass is 271 g/mol. The fraction of sp³-hybridized carbons (Fsp3) is 0.353. The molecule has 106 valence electrons. The van der Waals surface area contributed by atoms with Crippen LogP contribution < -0.4 is 4.90 Å². The highest BCUT2D eigenvalue weighted by Crippen LogP contribution is 2.31. The summed E-state index contributed by atoms with van der Waals surface area (Å²) in [6.07, 6.45) is 2.14. The molecule has 2 aromatic carbocycles. The minimum absolute atomic E-state index is 0.363. The second-order valence-corrected chi connectivity index (χ2v) is 5.06. The van der Waals surface area contributed by atoms with E-state index in [9.17, 15) is 9.90 Å². The molecule has 0 spiro atoms. The number of benzene rings is 2. The highest BCUT2D eigenvalue weighted by atomic mass is 16.4. The first-order valence-electron chi connectivity index (χ1n) is 7.08. The lowest BCUT2D eigenvalue weighted by Gasteiger charge is -2.29. The van der Waals surface area contributed by atoms with Crippen molar-refractivity contribution in [2.24, 2.45) is 0 Å². The van der Waals surface area contributed by atoms with Crippen molar-refractivity contribution in [3.05, 3.63) is 42.0 Å². The van der Waals surface area contributed by atoms with Crippen molar-refractivity contribution in [3.63, 3.8) is 0 Å². The number of aromatic carboxylic acids is 1. The second kappa shape index (κ2) is 5.95. The summed E-state index contributed by atoms with van der Waals surface area (Å²) in [7, 11) is 2.08. The molecule has 0 aliphatic carbocycles. The molecule has 2 aromatic rings. The standard InChI is InChI=1S/C17H21NO2/c1-4-12(5-2)18(3)16-11-10-15(17(19)20)13-8-6-7-9-14(13)16/h6-12H,4-5H2,1-3H3,(H,19,20). The van der Waals surface area contributed by atoms with Gasteiger partial charge in [0.2, 0.25) is 0 Å². The molecule has 0 unspecified atom stereocenters. The normalized spacial score (nSPS) is 11.0. The van der Waals surface area contributed by atoms with Crippen LogP contribution in [0.2, 0.25) is 0 Å². The van der Waals surface area contributed by atoms with Crippen molar-refractivity contribution in [1.29, 1.82) is 0 Å². The number of rotatable bonds is 5. The SMILES string of the molecule is CCC(CC)N(C)c1ccc(C(=O)O)c2ccccc12. The fourth-order valence-corrected chi connectivity index (χ4v) is 2.81. The highest BCUT2D eigenvalue weighted by molar-refractivity contribution is 6.07. The molecule has 0 saturated heterocycles. The van der Waals surface area contributed by atoms with Crippen LogP contribution >= 0.6 is 0 Å². The van der Waals surface area contributed by atoms with Crippen molar-refractivity contribution in [2.75, 3.05) is 11.9 Å². The molecule has 0 fully saturated rings. The van der Waals surface area contributed by atoms with Crippen LogP contribution in [-0.4, -0.2) is 24.2 Å². The summed E-state index contributed by atoms with van der Waals surface area (Å²) in [5, 5.41) is 11.1. The first-order chi connectivity index (χ1) is 9.60. The number of fused-ring (bicyclic) bond motifs is 1. The summed E-state index contributed by atoms with van der Waals surface area (Å²) < 4.78 is 0. The summed E-state index contributed by atoms with van der Waals surface area (Å²) in [5.74, 6) is -0.877. The highest BCUT2D eigenvalue weighted by Gasteiger charge is 2.16. The van der Waals surface area contributed by atoms with Gasteiger partial charge in [0.25, 0.3) is 0 Å². The number of hydrogen-bond acceptors (Lipinski definition) is 2. The van der Waals surface area contributed by atoms with Crippen LogP contribution in [0.25, 0.3) is 10.8 Å². The molecule has 0 aromatic heterocycles. The molecule has 0 bridgehead atoms. The third kappa shape index (κ3) is 2.48. The van der Waals surface area contributed by atoms with Crippen LogP contribution in [0.3, 0.4) is 0 Å². The number of carboxylic acids is 1. The Morgan fingerprint density at radius 3 is 2.25 bits per heavy atom. The molecule has 0 aliphatic heterocycles. The van der Waals surface area contributed by atoms with E-state index >= 15 is 0 Å². The van der Waals surface area contributed by atoms with Crippen molar-refractivity contribution in [3.8, 4) is 0 Å². The van der Waals surface area contributed by atoms with E-state index in [2.05, 4.69) is 25.8 Å². The predicted octanol–water partition coefficient (Wildman–Crippen LogP) is 4.16. The number of hydrogen-bond donors (Lipinski definition) is 1. The molecule has 1 N–H and O–H groups in total. The van der Waals surface area contributed by atoms with E-state index in [1.165, 1.54) is 0 Å². The third-order valence-corrected chi connectivity index (χ3v) is 4.00. The Kier molecular flexibility index (Phi) is 4.28. The smallest absolute Gasteiger partial charge is 0.336 e. The van der Waals surface area contributed by atoms with Crippen LogP contribution in [0.4, 0.5) is 5.69 Å². The number of nitrogens with zero attached hydrogens (tertiary/aromatic N) is 1. The minimum Gasteiger partial charge on any atom is -0.478 e. The quantitative estimate of drug-likeness (QED) is 0.887. The lowest BCUT2D eigenvalue weighted by atomic mass is 10.0. The summed E-state index contributed by atoms with van der Waals surface area (Å²) in [5.41, 5.74) is 1.46. The van der Waals surface area contributed by atoms with E-state index in [0.29, 0.717) is 11.6 Å². The van der Waals surface area contributed by atoms with Crippen molar-refractivity contribution in [1.82, 2.24) is 0 Å². The van der Waals surface area contributed by atoms with Crippen molar-refractivity contribution < 1.29 is 9.90 Å². The van der Waals surface area contributed by atoms with Gasteiger partial charge in [-0.3, -0.25) is 0 Å². The molecule has 20 heavy (non-hydrogen) atoms. The first-order valence-corrected chi connectivity index (χ1v) is 7.08. The van der Waals surface area contributed by atoms with Crippen LogP contribution in [0.1, 0.15) is 37.0 Å². The van der Waals surface area contributed by atoms with Crippen molar-refractivity contribution in [2.45, 2.75) is 32.7 Å². The van der Waals surface area contributed by atoms with Gasteiger partial charge in [-0.05, 0) is 30.4 Å². The molecular weight excluding hydrogens is 250 g/mol. The Bertz CT molecular complexity index is 617. The summed E-state index contributed by atoms with van der Waals surface area (Å²) in [6.45, 7) is 4.36. The molecule has 0 saturated carbocycles. The minimum atomic E-state index is -0.877. The van der Waals surface area contributed by atoms with E-state index < -0.39 is 5.97 Å². The summed E-state index contributed by atoms with van der Waals surface area (Å²) in [4.78, 5) is 13.6. The van der Waals surface area contributed by atoms with Gasteiger partial charge in [0.15, 0.2) is 0 Å². The Balaban J connectivity index is 2.61. The molecule has 2 rings (SSSR count). The Labute approximate surface area is 119 Å². The molecule has 3 nitrogen and oxygen atoms in total. The molecular formula is C17H21NO2. The van der Waals surface area contributed by atoms with Gasteiger partial charge in [0.05, 0.1) is 5.56 Å². The van der Waals surface area contributed by atoms with Crippen LogP contribution in [-0.2, 0) is 0 Å². The van der Waals surface area contributed by atoms with Gasteiger partial charge in [-0.15, -0.1) is 0 Å². The van der Waals surface area contributed by atoms with E-state index in [1.54, 1.807) is 6.07 Å². The van der Waals surface area contributed by atoms with E-state index in [0.717, 1.165) is 29.3 Å². The van der Waals surface area contributed by atoms with Gasteiger partial charge in [0, 0.05) is 24.2 Å². The largest absolute Gasteiger partial charge is 0.478 e. The predicted molar refractivity (Wildman–Crippen MR) is 83.7 cm³/mol. The average molecular weight is 271 g/mol. The maximum atomic E-state index is 11.3. The van der Waals surface area contributed by atoms with Crippen LogP contribution in [0.15, 0.2) is 36.4 Å². The van der Waals surface area contributed by atoms with Crippen molar-refractivity contribution >= 4 is 22.4 Å². The molecule has 0 amide bonds. The van der Waals surface area contributed by atoms with E-state index in [-0.39, 0.29) is 0 Å². The lowest BCUT2D eigenvalue weighted by molar-refractivity contribution is 0.0699. The zero-order chi connectivity index (χ0) is 14.7. The van der Waals surface area contributed by atoms with Gasteiger partial charge in [-0.25, -0.2) is 4.79 Å². The lowest BCUT2D eigenvalue weighted by Crippen LogP contribution is -2.30. The van der Waals surface area contributed by atoms with E-state index in [1.807, 2.05) is 30.3 Å². The van der Waals surface area contributed by atoms with Crippen LogP contribution in [0.5, 0.6) is 0 Å². The third-order valence-electron chi connectivity index (χ3n) is 4.00. The summed E-state index contributed by atoms with van der Waals surface area (Å²) in [6, 6.07) is 11.8. The Hall–Kier alpha value is -2.03. The van der Waals surface area contributed by atoms with E-state index in [4.69, 9.17) is 0 Å². The fourth-order valence-electron chi connectivity index (χ4n) is 2.81. The number of carboxylic acid groups (broad SMARTS) is 1. The maximum Gasteiger partial charge on any atom is 0.336 e. The molecule has 0 atom stereocenters. The van der Waals surface area contributed by atoms with Gasteiger partial charge in [-0.2, -0.15) is 0 Å². The molecule has 0 radical (unpaired) electrons. The topological polar surface area (TPSA) is 40.5 Å².